The molecular weight excluding hydrogens is 440 g/mol. The Hall–Kier alpha value is -4.41. The lowest BCUT2D eigenvalue weighted by atomic mass is 9.89. The third-order valence-corrected chi connectivity index (χ3v) is 4.79. The maximum absolute atomic E-state index is 14.6. The number of phenolic OH excluding ortho intramolecular Hbond substituents is 1. The fourth-order valence-electron chi connectivity index (χ4n) is 3.35. The number of carboxylic acid groups (broad SMARTS) is 2. The van der Waals surface area contributed by atoms with Crippen molar-refractivity contribution >= 4 is 22.9 Å². The number of aromatic hydroxyl groups is 1. The molecule has 0 unspecified atom stereocenters. The second-order valence-corrected chi connectivity index (χ2v) is 6.62. The molecule has 0 amide bonds. The molecule has 0 atom stereocenters. The molecule has 2 aromatic rings. The van der Waals surface area contributed by atoms with Crippen LogP contribution in [0.1, 0.15) is 20.7 Å². The maximum atomic E-state index is 14.6. The Morgan fingerprint density at radius 1 is 0.844 bits per heavy atom. The molecular formula is C21H8F4O7. The van der Waals surface area contributed by atoms with Crippen LogP contribution < -0.4 is 5.43 Å². The molecule has 11 heteroatoms. The molecule has 0 radical (unpaired) electrons. The average Bonchev–Trinajstić information content (AvgIpc) is 2.74. The molecule has 1 aliphatic carbocycles. The van der Waals surface area contributed by atoms with E-state index in [1.807, 2.05) is 0 Å². The fourth-order valence-corrected chi connectivity index (χ4v) is 3.35. The molecule has 0 fully saturated rings. The Kier molecular flexibility index (Phi) is 4.61. The predicted molar refractivity (Wildman–Crippen MR) is 100.0 cm³/mol. The van der Waals surface area contributed by atoms with Crippen molar-refractivity contribution in [2.45, 2.75) is 0 Å². The van der Waals surface area contributed by atoms with E-state index in [1.54, 1.807) is 0 Å². The molecule has 0 saturated heterocycles. The summed E-state index contributed by atoms with van der Waals surface area (Å²) in [6.45, 7) is 0. The quantitative estimate of drug-likeness (QED) is 0.317. The van der Waals surface area contributed by atoms with Gasteiger partial charge in [0.15, 0.2) is 28.7 Å². The number of rotatable bonds is 3. The van der Waals surface area contributed by atoms with Crippen LogP contribution in [0.15, 0.2) is 39.5 Å². The van der Waals surface area contributed by atoms with Crippen LogP contribution >= 0.6 is 0 Å². The topological polar surface area (TPSA) is 125 Å². The lowest BCUT2D eigenvalue weighted by molar-refractivity contribution is 0.0682. The van der Waals surface area contributed by atoms with Crippen LogP contribution in [0.3, 0.4) is 0 Å². The van der Waals surface area contributed by atoms with Crippen LogP contribution in [0.25, 0.3) is 33.4 Å². The molecule has 32 heavy (non-hydrogen) atoms. The number of halogens is 4. The molecule has 0 aromatic heterocycles. The minimum absolute atomic E-state index is 0.451. The molecule has 0 spiro atoms. The van der Waals surface area contributed by atoms with Gasteiger partial charge in [-0.1, -0.05) is 0 Å². The monoisotopic (exact) mass is 448 g/mol. The molecule has 2 aromatic carbocycles. The van der Waals surface area contributed by atoms with Crippen LogP contribution in [-0.2, 0) is 0 Å². The van der Waals surface area contributed by atoms with Gasteiger partial charge in [-0.2, -0.15) is 8.78 Å². The zero-order valence-electron chi connectivity index (χ0n) is 15.4. The van der Waals surface area contributed by atoms with Crippen molar-refractivity contribution < 1.29 is 46.9 Å². The highest BCUT2D eigenvalue weighted by Gasteiger charge is 2.30. The molecule has 162 valence electrons. The van der Waals surface area contributed by atoms with Crippen LogP contribution in [0.5, 0.6) is 5.75 Å². The Labute approximate surface area is 173 Å². The third kappa shape index (κ3) is 2.94. The minimum atomic E-state index is -1.79. The van der Waals surface area contributed by atoms with Gasteiger partial charge in [-0.05, 0) is 35.9 Å². The summed E-state index contributed by atoms with van der Waals surface area (Å²) in [6, 6.07) is 3.64. The zero-order chi connectivity index (χ0) is 23.5. The summed E-state index contributed by atoms with van der Waals surface area (Å²) in [4.78, 5) is 34.9. The van der Waals surface area contributed by atoms with E-state index in [2.05, 4.69) is 0 Å². The number of hydrogen-bond donors (Lipinski definition) is 3. The first-order valence-electron chi connectivity index (χ1n) is 8.59. The van der Waals surface area contributed by atoms with Crippen molar-refractivity contribution in [3.05, 3.63) is 75.0 Å². The van der Waals surface area contributed by atoms with Crippen molar-refractivity contribution in [3.63, 3.8) is 0 Å². The second kappa shape index (κ2) is 7.08. The first-order chi connectivity index (χ1) is 15.0. The smallest absolute Gasteiger partial charge is 0.336 e. The van der Waals surface area contributed by atoms with Crippen LogP contribution in [-0.4, -0.2) is 27.3 Å². The lowest BCUT2D eigenvalue weighted by Crippen LogP contribution is -2.14. The highest BCUT2D eigenvalue weighted by Crippen LogP contribution is 2.45. The number of hydrogen-bond acceptors (Lipinski definition) is 5. The van der Waals surface area contributed by atoms with E-state index >= 15 is 0 Å². The third-order valence-electron chi connectivity index (χ3n) is 4.79. The van der Waals surface area contributed by atoms with Crippen molar-refractivity contribution in [2.75, 3.05) is 0 Å². The van der Waals surface area contributed by atoms with E-state index in [4.69, 9.17) is 4.42 Å². The molecule has 2 aliphatic rings. The molecule has 7 nitrogen and oxygen atoms in total. The Morgan fingerprint density at radius 3 is 2.16 bits per heavy atom. The summed E-state index contributed by atoms with van der Waals surface area (Å²) in [7, 11) is 0. The van der Waals surface area contributed by atoms with E-state index in [1.165, 1.54) is 0 Å². The van der Waals surface area contributed by atoms with Gasteiger partial charge in [0.25, 0.3) is 5.43 Å². The zero-order valence-corrected chi connectivity index (χ0v) is 15.4. The van der Waals surface area contributed by atoms with Gasteiger partial charge >= 0.3 is 11.9 Å². The van der Waals surface area contributed by atoms with Crippen molar-refractivity contribution in [1.29, 1.82) is 0 Å². The summed E-state index contributed by atoms with van der Waals surface area (Å²) >= 11 is 0. The number of carboxylic acids is 2. The Bertz CT molecular complexity index is 1510. The number of carbonyl (C=O) groups is 2. The highest BCUT2D eigenvalue weighted by atomic mass is 19.1. The predicted octanol–water partition coefficient (Wildman–Crippen LogP) is 4.22. The molecule has 4 rings (SSSR count). The highest BCUT2D eigenvalue weighted by molar-refractivity contribution is 6.09. The van der Waals surface area contributed by atoms with Crippen molar-refractivity contribution in [1.82, 2.24) is 0 Å². The van der Waals surface area contributed by atoms with Gasteiger partial charge in [0.2, 0.25) is 11.6 Å². The SMILES string of the molecule is O=C(O)c1ccc(C(=O)O)c(-c2c3cc(F)c(=O)c(F)c-3oc3c(F)c(O)c(F)cc23)c1. The van der Waals surface area contributed by atoms with E-state index < -0.39 is 90.9 Å². The first kappa shape index (κ1) is 20.8. The van der Waals surface area contributed by atoms with Crippen LogP contribution in [0.2, 0.25) is 0 Å². The Morgan fingerprint density at radius 2 is 1.53 bits per heavy atom. The van der Waals surface area contributed by atoms with Gasteiger partial charge in [0.1, 0.15) is 0 Å². The minimum Gasteiger partial charge on any atom is -0.503 e. The molecule has 1 heterocycles. The van der Waals surface area contributed by atoms with Crippen molar-refractivity contribution in [3.8, 4) is 28.2 Å². The fraction of sp³-hybridized carbons (Fsp3) is 0. The number of fused-ring (bicyclic) bond motifs is 2. The van der Waals surface area contributed by atoms with Gasteiger partial charge in [0.05, 0.1) is 11.1 Å². The van der Waals surface area contributed by atoms with Crippen molar-refractivity contribution in [2.24, 2.45) is 0 Å². The van der Waals surface area contributed by atoms with Gasteiger partial charge < -0.3 is 19.7 Å². The number of aromatic carboxylic acids is 2. The Balaban J connectivity index is 2.34. The van der Waals surface area contributed by atoms with E-state index in [0.717, 1.165) is 18.2 Å². The van der Waals surface area contributed by atoms with E-state index in [-0.39, 0.29) is 0 Å². The standard InChI is InChI=1S/C21H8F4O7/c22-11-4-9-13(8-3-6(20(28)29)1-2-7(8)21(30)31)10-5-12(23)17(27)15(25)19(10)32-18(9)14(24)16(11)26/h1-5,26H,(H,28,29)(H,30,31). The van der Waals surface area contributed by atoms with Crippen LogP contribution in [0, 0.1) is 23.3 Å². The van der Waals surface area contributed by atoms with E-state index in [9.17, 15) is 47.3 Å². The molecule has 0 saturated carbocycles. The summed E-state index contributed by atoms with van der Waals surface area (Å²) in [6.07, 6.45) is 0. The van der Waals surface area contributed by atoms with Gasteiger partial charge in [-0.15, -0.1) is 0 Å². The lowest BCUT2D eigenvalue weighted by Gasteiger charge is -2.18. The van der Waals surface area contributed by atoms with E-state index in [0.29, 0.717) is 12.1 Å². The summed E-state index contributed by atoms with van der Waals surface area (Å²) < 4.78 is 62.4. The molecule has 3 N–H and O–H groups in total. The number of phenols is 1. The molecule has 0 bridgehead atoms. The number of benzene rings is 3. The van der Waals surface area contributed by atoms with Gasteiger partial charge in [-0.25, -0.2) is 18.4 Å². The van der Waals surface area contributed by atoms with Gasteiger partial charge in [-0.3, -0.25) is 4.79 Å². The van der Waals surface area contributed by atoms with Crippen LogP contribution in [0.4, 0.5) is 17.6 Å². The maximum Gasteiger partial charge on any atom is 0.336 e. The second-order valence-electron chi connectivity index (χ2n) is 6.62. The normalized spacial score (nSPS) is 11.2. The average molecular weight is 448 g/mol. The summed E-state index contributed by atoms with van der Waals surface area (Å²) in [5.74, 6) is -12.2. The summed E-state index contributed by atoms with van der Waals surface area (Å²) in [5, 5.41) is 27.8. The van der Waals surface area contributed by atoms with Gasteiger partial charge in [0, 0.05) is 16.5 Å². The largest absolute Gasteiger partial charge is 0.503 e. The first-order valence-corrected chi connectivity index (χ1v) is 8.59. The molecule has 1 aliphatic heterocycles. The summed E-state index contributed by atoms with van der Waals surface area (Å²) in [5.41, 5.74) is -5.36.